The minimum Gasteiger partial charge on any atom is -0.394 e. The first-order valence-electron chi connectivity index (χ1n) is 11.0. The molecule has 0 amide bonds. The average molecular weight is 508 g/mol. The van der Waals surface area contributed by atoms with Gasteiger partial charge in [-0.05, 0) is 60.0 Å². The van der Waals surface area contributed by atoms with Crippen molar-refractivity contribution in [2.24, 2.45) is 15.9 Å². The number of anilines is 3. The summed E-state index contributed by atoms with van der Waals surface area (Å²) in [5.41, 5.74) is 7.80. The molecule has 5 N–H and O–H groups in total. The number of nitrogens with zero attached hydrogens (tertiary/aromatic N) is 4. The van der Waals surface area contributed by atoms with Crippen LogP contribution >= 0.6 is 11.5 Å². The van der Waals surface area contributed by atoms with Crippen LogP contribution in [-0.2, 0) is 0 Å². The van der Waals surface area contributed by atoms with Crippen molar-refractivity contribution in [2.45, 2.75) is 13.0 Å². The Labute approximate surface area is 210 Å². The first-order chi connectivity index (χ1) is 17.2. The van der Waals surface area contributed by atoms with E-state index in [9.17, 15) is 19.6 Å². The highest BCUT2D eigenvalue weighted by Gasteiger charge is 2.19. The SMILES string of the molecule is CC(CO)N=C(N)c1c(Nc2ccc(C(=O)n3ccc4ccc(N(C)C)cc43)c(N=O)c2)s[nH]c1=O. The molecular formula is C24H25N7O4S. The summed E-state index contributed by atoms with van der Waals surface area (Å²) in [6.07, 6.45) is 1.66. The van der Waals surface area contributed by atoms with Gasteiger partial charge in [-0.25, -0.2) is 0 Å². The van der Waals surface area contributed by atoms with Crippen molar-refractivity contribution in [3.8, 4) is 0 Å². The number of amidine groups is 1. The second-order valence-corrected chi connectivity index (χ2v) is 9.18. The zero-order valence-electron chi connectivity index (χ0n) is 19.8. The van der Waals surface area contributed by atoms with Crippen molar-refractivity contribution >= 4 is 56.2 Å². The number of nitrogens with one attached hydrogen (secondary N) is 2. The van der Waals surface area contributed by atoms with E-state index in [1.807, 2.05) is 43.3 Å². The molecule has 4 rings (SSSR count). The van der Waals surface area contributed by atoms with Crippen LogP contribution in [0.25, 0.3) is 10.9 Å². The van der Waals surface area contributed by atoms with E-state index in [0.717, 1.165) is 22.6 Å². The first-order valence-corrected chi connectivity index (χ1v) is 11.8. The molecule has 36 heavy (non-hydrogen) atoms. The summed E-state index contributed by atoms with van der Waals surface area (Å²) in [7, 11) is 3.82. The van der Waals surface area contributed by atoms with Gasteiger partial charge in [0.1, 0.15) is 22.1 Å². The number of rotatable bonds is 8. The van der Waals surface area contributed by atoms with E-state index in [1.165, 1.54) is 16.7 Å². The maximum atomic E-state index is 13.4. The molecule has 1 atom stereocenters. The lowest BCUT2D eigenvalue weighted by Crippen LogP contribution is -2.24. The molecule has 4 aromatic rings. The Morgan fingerprint density at radius 1 is 1.25 bits per heavy atom. The molecule has 0 fully saturated rings. The molecule has 0 spiro atoms. The summed E-state index contributed by atoms with van der Waals surface area (Å²) in [5.74, 6) is -0.429. The lowest BCUT2D eigenvalue weighted by atomic mass is 10.1. The summed E-state index contributed by atoms with van der Waals surface area (Å²) >= 11 is 1.01. The van der Waals surface area contributed by atoms with Gasteiger partial charge in [0.05, 0.1) is 23.7 Å². The highest BCUT2D eigenvalue weighted by atomic mass is 32.1. The van der Waals surface area contributed by atoms with Crippen LogP contribution in [0, 0.1) is 4.91 Å². The number of benzene rings is 2. The predicted molar refractivity (Wildman–Crippen MR) is 143 cm³/mol. The van der Waals surface area contributed by atoms with Crippen molar-refractivity contribution in [1.29, 1.82) is 0 Å². The second kappa shape index (κ2) is 10.1. The van der Waals surface area contributed by atoms with E-state index < -0.39 is 17.5 Å². The zero-order valence-corrected chi connectivity index (χ0v) is 20.7. The van der Waals surface area contributed by atoms with Gasteiger partial charge in [-0.15, -0.1) is 4.91 Å². The molecule has 11 nitrogen and oxygen atoms in total. The summed E-state index contributed by atoms with van der Waals surface area (Å²) in [6, 6.07) is 11.7. The van der Waals surface area contributed by atoms with E-state index in [2.05, 4.69) is 19.9 Å². The normalized spacial score (nSPS) is 12.5. The van der Waals surface area contributed by atoms with E-state index in [-0.39, 0.29) is 29.3 Å². The Hall–Kier alpha value is -4.29. The Bertz CT molecular complexity index is 1530. The van der Waals surface area contributed by atoms with Gasteiger partial charge in [-0.3, -0.25) is 23.5 Å². The number of aliphatic hydroxyl groups excluding tert-OH is 1. The number of hydrogen-bond donors (Lipinski definition) is 4. The topological polar surface area (TPSA) is 158 Å². The standard InChI is InChI=1S/C24H25N7O4S/c1-13(12-32)26-21(25)20-22(33)29-36-23(20)27-15-5-7-17(18(10-15)28-35)24(34)31-9-8-14-4-6-16(30(2)3)11-19(14)31/h4-11,13,27,32H,12H2,1-3H3,(H2,25,26)(H,29,33). The molecule has 1 unspecified atom stereocenters. The van der Waals surface area contributed by atoms with Gasteiger partial charge in [0.2, 0.25) is 0 Å². The third kappa shape index (κ3) is 4.76. The Morgan fingerprint density at radius 2 is 2.03 bits per heavy atom. The van der Waals surface area contributed by atoms with Gasteiger partial charge in [0.25, 0.3) is 11.5 Å². The third-order valence-electron chi connectivity index (χ3n) is 5.58. The van der Waals surface area contributed by atoms with Crippen LogP contribution in [0.3, 0.4) is 0 Å². The Balaban J connectivity index is 1.67. The van der Waals surface area contributed by atoms with Crippen LogP contribution in [0.4, 0.5) is 22.1 Å². The average Bonchev–Trinajstić information content (AvgIpc) is 3.46. The quantitative estimate of drug-likeness (QED) is 0.162. The molecule has 0 aliphatic heterocycles. The maximum absolute atomic E-state index is 13.4. The van der Waals surface area contributed by atoms with Crippen molar-refractivity contribution in [3.05, 3.63) is 75.0 Å². The monoisotopic (exact) mass is 507 g/mol. The van der Waals surface area contributed by atoms with Crippen molar-refractivity contribution in [2.75, 3.05) is 30.9 Å². The fraction of sp³-hybridized carbons (Fsp3) is 0.208. The Kier molecular flexibility index (Phi) is 6.99. The molecule has 0 saturated carbocycles. The predicted octanol–water partition coefficient (Wildman–Crippen LogP) is 3.37. The third-order valence-corrected chi connectivity index (χ3v) is 6.37. The molecule has 0 aliphatic carbocycles. The van der Waals surface area contributed by atoms with E-state index in [4.69, 9.17) is 5.73 Å². The molecule has 2 aromatic heterocycles. The number of aromatic nitrogens is 2. The minimum absolute atomic E-state index is 0.0290. The van der Waals surface area contributed by atoms with Crippen LogP contribution in [0.15, 0.2) is 63.6 Å². The van der Waals surface area contributed by atoms with Crippen molar-refractivity contribution in [1.82, 2.24) is 8.94 Å². The number of aliphatic imine (C=N–C) groups is 1. The molecular weight excluding hydrogens is 482 g/mol. The van der Waals surface area contributed by atoms with E-state index in [0.29, 0.717) is 16.2 Å². The van der Waals surface area contributed by atoms with Gasteiger partial charge < -0.3 is 21.1 Å². The van der Waals surface area contributed by atoms with Crippen LogP contribution in [0.1, 0.15) is 22.8 Å². The number of fused-ring (bicyclic) bond motifs is 1. The molecule has 12 heteroatoms. The summed E-state index contributed by atoms with van der Waals surface area (Å²) in [5, 5.41) is 16.6. The van der Waals surface area contributed by atoms with E-state index in [1.54, 1.807) is 19.2 Å². The molecule has 186 valence electrons. The lowest BCUT2D eigenvalue weighted by Gasteiger charge is -2.13. The molecule has 0 radical (unpaired) electrons. The number of hydrogen-bond acceptors (Lipinski definition) is 9. The van der Waals surface area contributed by atoms with Gasteiger partial charge in [-0.1, -0.05) is 6.07 Å². The van der Waals surface area contributed by atoms with Crippen LogP contribution < -0.4 is 21.5 Å². The van der Waals surface area contributed by atoms with E-state index >= 15 is 0 Å². The number of H-pyrrole nitrogens is 1. The smallest absolute Gasteiger partial charge is 0.271 e. The summed E-state index contributed by atoms with van der Waals surface area (Å²) in [6.45, 7) is 1.44. The molecule has 0 bridgehead atoms. The fourth-order valence-electron chi connectivity index (χ4n) is 3.66. The first kappa shape index (κ1) is 24.8. The van der Waals surface area contributed by atoms with Gasteiger partial charge in [0.15, 0.2) is 0 Å². The van der Waals surface area contributed by atoms with Gasteiger partial charge in [0, 0.05) is 37.1 Å². The maximum Gasteiger partial charge on any atom is 0.271 e. The van der Waals surface area contributed by atoms with Crippen LogP contribution in [0.5, 0.6) is 0 Å². The number of aliphatic hydroxyl groups is 1. The Morgan fingerprint density at radius 3 is 2.72 bits per heavy atom. The number of carbonyl (C=O) groups excluding carboxylic acids is 1. The number of nitroso groups, excluding NO2 is 1. The van der Waals surface area contributed by atoms with Crippen molar-refractivity contribution in [3.63, 3.8) is 0 Å². The fourth-order valence-corrected chi connectivity index (χ4v) is 4.43. The number of carbonyl (C=O) groups is 1. The van der Waals surface area contributed by atoms with Gasteiger partial charge >= 0.3 is 0 Å². The van der Waals surface area contributed by atoms with Crippen LogP contribution in [-0.4, -0.2) is 52.5 Å². The highest BCUT2D eigenvalue weighted by Crippen LogP contribution is 2.30. The molecule has 0 saturated heterocycles. The summed E-state index contributed by atoms with van der Waals surface area (Å²) < 4.78 is 4.07. The minimum atomic E-state index is -0.480. The summed E-state index contributed by atoms with van der Waals surface area (Å²) in [4.78, 5) is 43.4. The lowest BCUT2D eigenvalue weighted by molar-refractivity contribution is 0.0965. The molecule has 2 heterocycles. The zero-order chi connectivity index (χ0) is 26.0. The number of nitrogens with two attached hydrogens (primary N) is 1. The molecule has 0 aliphatic rings. The second-order valence-electron chi connectivity index (χ2n) is 8.36. The van der Waals surface area contributed by atoms with Gasteiger partial charge in [-0.2, -0.15) is 0 Å². The largest absolute Gasteiger partial charge is 0.394 e. The molecule has 2 aromatic carbocycles. The highest BCUT2D eigenvalue weighted by molar-refractivity contribution is 7.10. The van der Waals surface area contributed by atoms with Crippen molar-refractivity contribution < 1.29 is 9.90 Å². The van der Waals surface area contributed by atoms with Crippen LogP contribution in [0.2, 0.25) is 0 Å². The number of aromatic amines is 1.